The molecule has 1 saturated heterocycles. The van der Waals surface area contributed by atoms with Gasteiger partial charge in [-0.15, -0.1) is 0 Å². The highest BCUT2D eigenvalue weighted by Crippen LogP contribution is 2.25. The Hall–Kier alpha value is -0.840. The fourth-order valence-electron chi connectivity index (χ4n) is 2.60. The van der Waals surface area contributed by atoms with Gasteiger partial charge in [0.25, 0.3) is 0 Å². The van der Waals surface area contributed by atoms with Crippen LogP contribution in [-0.2, 0) is 4.74 Å². The molecule has 0 aromatic carbocycles. The first-order valence-electron chi connectivity index (χ1n) is 6.94. The Bertz CT molecular complexity index is 327. The third kappa shape index (κ3) is 3.34. The minimum absolute atomic E-state index is 0.188. The summed E-state index contributed by atoms with van der Waals surface area (Å²) in [5.41, 5.74) is 5.90. The summed E-state index contributed by atoms with van der Waals surface area (Å²) in [7, 11) is 0. The maximum atomic E-state index is 5.90. The van der Waals surface area contributed by atoms with E-state index in [1.807, 2.05) is 12.1 Å². The number of likely N-dealkylation sites (tertiary alicyclic amines) is 1. The Labute approximate surface area is 109 Å². The van der Waals surface area contributed by atoms with Crippen LogP contribution >= 0.6 is 0 Å². The van der Waals surface area contributed by atoms with Gasteiger partial charge >= 0.3 is 0 Å². The molecule has 0 amide bonds. The Morgan fingerprint density at radius 1 is 1.61 bits per heavy atom. The lowest BCUT2D eigenvalue weighted by atomic mass is 10.0. The number of ether oxygens (including phenoxy) is 1. The molecule has 2 N–H and O–H groups in total. The molecule has 0 saturated carbocycles. The molecule has 4 nitrogen and oxygen atoms in total. The van der Waals surface area contributed by atoms with Gasteiger partial charge in [-0.05, 0) is 37.9 Å². The topological polar surface area (TPSA) is 51.6 Å². The number of nitrogens with zero attached hydrogens (tertiary/aromatic N) is 1. The van der Waals surface area contributed by atoms with Gasteiger partial charge < -0.3 is 14.9 Å². The van der Waals surface area contributed by atoms with E-state index in [1.54, 1.807) is 6.26 Å². The third-order valence-electron chi connectivity index (χ3n) is 3.50. The zero-order valence-electron chi connectivity index (χ0n) is 11.2. The van der Waals surface area contributed by atoms with Crippen LogP contribution in [0, 0.1) is 0 Å². The van der Waals surface area contributed by atoms with Crippen LogP contribution in [0.25, 0.3) is 0 Å². The summed E-state index contributed by atoms with van der Waals surface area (Å²) in [6, 6.07) is 4.12. The first-order valence-corrected chi connectivity index (χ1v) is 6.94. The molecule has 18 heavy (non-hydrogen) atoms. The molecule has 1 aromatic rings. The monoisotopic (exact) mass is 252 g/mol. The molecule has 2 unspecified atom stereocenters. The molecule has 1 aliphatic heterocycles. The standard InChI is InChI=1S/C14H24N2O2/c1-2-8-17-12-5-3-7-16(11-12)13(10-15)14-6-4-9-18-14/h4,6,9,12-13H,2-3,5,7-8,10-11,15H2,1H3. The predicted octanol–water partition coefficient (Wildman–Crippen LogP) is 2.17. The van der Waals surface area contributed by atoms with Crippen LogP contribution in [0.1, 0.15) is 38.0 Å². The third-order valence-corrected chi connectivity index (χ3v) is 3.50. The second-order valence-corrected chi connectivity index (χ2v) is 4.90. The van der Waals surface area contributed by atoms with Crippen LogP contribution in [0.4, 0.5) is 0 Å². The first-order chi connectivity index (χ1) is 8.85. The molecule has 0 bridgehead atoms. The molecule has 2 rings (SSSR count). The van der Waals surface area contributed by atoms with Gasteiger partial charge in [-0.25, -0.2) is 0 Å². The SMILES string of the molecule is CCCOC1CCCN(C(CN)c2ccco2)C1. The molecule has 1 fully saturated rings. The second kappa shape index (κ2) is 6.92. The quantitative estimate of drug-likeness (QED) is 0.843. The van der Waals surface area contributed by atoms with Gasteiger partial charge in [0.05, 0.1) is 18.4 Å². The van der Waals surface area contributed by atoms with Crippen LogP contribution in [0.5, 0.6) is 0 Å². The highest BCUT2D eigenvalue weighted by Gasteiger charge is 2.27. The van der Waals surface area contributed by atoms with E-state index in [0.29, 0.717) is 12.6 Å². The lowest BCUT2D eigenvalue weighted by Crippen LogP contribution is -2.44. The highest BCUT2D eigenvalue weighted by molar-refractivity contribution is 5.06. The number of hydrogen-bond donors (Lipinski definition) is 1. The zero-order valence-corrected chi connectivity index (χ0v) is 11.2. The molecule has 102 valence electrons. The minimum atomic E-state index is 0.188. The van der Waals surface area contributed by atoms with E-state index in [9.17, 15) is 0 Å². The summed E-state index contributed by atoms with van der Waals surface area (Å²) in [6.45, 7) is 5.63. The molecule has 0 spiro atoms. The van der Waals surface area contributed by atoms with Crippen molar-refractivity contribution in [1.82, 2.24) is 4.90 Å². The van der Waals surface area contributed by atoms with Crippen molar-refractivity contribution in [3.05, 3.63) is 24.2 Å². The summed E-state index contributed by atoms with van der Waals surface area (Å²) in [5, 5.41) is 0. The van der Waals surface area contributed by atoms with Crippen LogP contribution < -0.4 is 5.73 Å². The average molecular weight is 252 g/mol. The minimum Gasteiger partial charge on any atom is -0.468 e. The zero-order chi connectivity index (χ0) is 12.8. The van der Waals surface area contributed by atoms with Gasteiger partial charge in [-0.3, -0.25) is 4.90 Å². The van der Waals surface area contributed by atoms with E-state index in [4.69, 9.17) is 14.9 Å². The predicted molar refractivity (Wildman–Crippen MR) is 71.3 cm³/mol. The van der Waals surface area contributed by atoms with E-state index < -0.39 is 0 Å². The number of piperidine rings is 1. The van der Waals surface area contributed by atoms with Crippen molar-refractivity contribution in [2.45, 2.75) is 38.3 Å². The fraction of sp³-hybridized carbons (Fsp3) is 0.714. The van der Waals surface area contributed by atoms with Gasteiger partial charge in [-0.2, -0.15) is 0 Å². The van der Waals surface area contributed by atoms with E-state index >= 15 is 0 Å². The number of rotatable bonds is 6. The van der Waals surface area contributed by atoms with E-state index in [-0.39, 0.29) is 6.04 Å². The van der Waals surface area contributed by atoms with Crippen LogP contribution in [0.3, 0.4) is 0 Å². The van der Waals surface area contributed by atoms with E-state index in [0.717, 1.165) is 38.3 Å². The summed E-state index contributed by atoms with van der Waals surface area (Å²) in [5.74, 6) is 0.966. The maximum Gasteiger partial charge on any atom is 0.122 e. The molecule has 0 radical (unpaired) electrons. The van der Waals surface area contributed by atoms with Crippen molar-refractivity contribution in [3.63, 3.8) is 0 Å². The molecule has 0 aliphatic carbocycles. The molecule has 2 heterocycles. The second-order valence-electron chi connectivity index (χ2n) is 4.90. The van der Waals surface area contributed by atoms with Crippen molar-refractivity contribution in [2.24, 2.45) is 5.73 Å². The van der Waals surface area contributed by atoms with E-state index in [2.05, 4.69) is 11.8 Å². The summed E-state index contributed by atoms with van der Waals surface area (Å²) in [4.78, 5) is 2.39. The van der Waals surface area contributed by atoms with Gasteiger partial charge in [0, 0.05) is 19.7 Å². The lowest BCUT2D eigenvalue weighted by molar-refractivity contribution is -0.0143. The Balaban J connectivity index is 1.94. The molecule has 2 atom stereocenters. The fourth-order valence-corrected chi connectivity index (χ4v) is 2.60. The van der Waals surface area contributed by atoms with Gasteiger partial charge in [0.1, 0.15) is 5.76 Å². The summed E-state index contributed by atoms with van der Waals surface area (Å²) < 4.78 is 11.4. The van der Waals surface area contributed by atoms with Crippen molar-refractivity contribution in [3.8, 4) is 0 Å². The lowest BCUT2D eigenvalue weighted by Gasteiger charge is -2.36. The highest BCUT2D eigenvalue weighted by atomic mass is 16.5. The Morgan fingerprint density at radius 2 is 2.50 bits per heavy atom. The van der Waals surface area contributed by atoms with Gasteiger partial charge in [0.15, 0.2) is 0 Å². The molecule has 1 aromatic heterocycles. The smallest absolute Gasteiger partial charge is 0.122 e. The number of furan rings is 1. The van der Waals surface area contributed by atoms with E-state index in [1.165, 1.54) is 6.42 Å². The van der Waals surface area contributed by atoms with Gasteiger partial charge in [-0.1, -0.05) is 6.92 Å². The van der Waals surface area contributed by atoms with Gasteiger partial charge in [0.2, 0.25) is 0 Å². The summed E-state index contributed by atoms with van der Waals surface area (Å²) >= 11 is 0. The molecular weight excluding hydrogens is 228 g/mol. The molecule has 1 aliphatic rings. The Kier molecular flexibility index (Phi) is 5.23. The van der Waals surface area contributed by atoms with Crippen LogP contribution in [0.2, 0.25) is 0 Å². The number of nitrogens with two attached hydrogens (primary N) is 1. The Morgan fingerprint density at radius 3 is 3.17 bits per heavy atom. The van der Waals surface area contributed by atoms with Crippen molar-refractivity contribution >= 4 is 0 Å². The summed E-state index contributed by atoms with van der Waals surface area (Å²) in [6.07, 6.45) is 5.47. The van der Waals surface area contributed by atoms with Crippen molar-refractivity contribution in [1.29, 1.82) is 0 Å². The maximum absolute atomic E-state index is 5.90. The normalized spacial score (nSPS) is 23.1. The van der Waals surface area contributed by atoms with Crippen LogP contribution in [-0.4, -0.2) is 37.2 Å². The molecular formula is C14H24N2O2. The number of hydrogen-bond acceptors (Lipinski definition) is 4. The van der Waals surface area contributed by atoms with Crippen molar-refractivity contribution < 1.29 is 9.15 Å². The molecule has 4 heteroatoms. The largest absolute Gasteiger partial charge is 0.468 e. The average Bonchev–Trinajstić information content (AvgIpc) is 2.92. The van der Waals surface area contributed by atoms with Crippen molar-refractivity contribution in [2.75, 3.05) is 26.2 Å². The first kappa shape index (κ1) is 13.6. The van der Waals surface area contributed by atoms with Crippen LogP contribution in [0.15, 0.2) is 22.8 Å².